The van der Waals surface area contributed by atoms with Gasteiger partial charge in [-0.05, 0) is 31.2 Å². The molecule has 1 heterocycles. The number of rotatable bonds is 0. The van der Waals surface area contributed by atoms with E-state index in [2.05, 4.69) is 28.6 Å². The summed E-state index contributed by atoms with van der Waals surface area (Å²) < 4.78 is 6.11. The van der Waals surface area contributed by atoms with Crippen LogP contribution in [-0.4, -0.2) is 14.0 Å². The van der Waals surface area contributed by atoms with Crippen molar-refractivity contribution in [1.82, 2.24) is 0 Å². The molecule has 0 radical (unpaired) electrons. The molecule has 3 unspecified atom stereocenters. The fourth-order valence-corrected chi connectivity index (χ4v) is 3.19. The minimum absolute atomic E-state index is 0.351. The van der Waals surface area contributed by atoms with Gasteiger partial charge in [-0.1, -0.05) is 32.6 Å². The predicted molar refractivity (Wildman–Crippen MR) is 66.7 cm³/mol. The third-order valence-corrected chi connectivity index (χ3v) is 4.39. The summed E-state index contributed by atoms with van der Waals surface area (Å²) in [5.74, 6) is 1.89. The fraction of sp³-hybridized carbons (Fsp3) is 0.846. The normalized spacial score (nSPS) is 41.8. The van der Waals surface area contributed by atoms with Crippen LogP contribution in [0.2, 0.25) is 5.31 Å². The van der Waals surface area contributed by atoms with E-state index < -0.39 is 0 Å². The Morgan fingerprint density at radius 3 is 2.73 bits per heavy atom. The highest BCUT2D eigenvalue weighted by Crippen LogP contribution is 2.48. The molecule has 0 aromatic heterocycles. The summed E-state index contributed by atoms with van der Waals surface area (Å²) in [6.45, 7) is 6.77. The van der Waals surface area contributed by atoms with Gasteiger partial charge in [-0.2, -0.15) is 0 Å². The second kappa shape index (κ2) is 3.88. The molecule has 0 N–H and O–H groups in total. The van der Waals surface area contributed by atoms with Crippen LogP contribution in [0.25, 0.3) is 0 Å². The van der Waals surface area contributed by atoms with E-state index in [1.54, 1.807) is 0 Å². The zero-order valence-electron chi connectivity index (χ0n) is 10.6. The van der Waals surface area contributed by atoms with Gasteiger partial charge in [0.25, 0.3) is 0 Å². The van der Waals surface area contributed by atoms with E-state index in [1.807, 2.05) is 0 Å². The minimum Gasteiger partial charge on any atom is -0.495 e. The highest BCUT2D eigenvalue weighted by atomic mass is 16.5. The van der Waals surface area contributed by atoms with Crippen molar-refractivity contribution in [3.63, 3.8) is 0 Å². The largest absolute Gasteiger partial charge is 0.495 e. The molecule has 15 heavy (non-hydrogen) atoms. The molecule has 0 saturated heterocycles. The molecule has 1 aliphatic carbocycles. The third-order valence-electron chi connectivity index (χ3n) is 4.39. The monoisotopic (exact) mass is 206 g/mol. The van der Waals surface area contributed by atoms with Crippen molar-refractivity contribution in [2.75, 3.05) is 0 Å². The van der Waals surface area contributed by atoms with Crippen LogP contribution in [0.15, 0.2) is 11.3 Å². The summed E-state index contributed by atoms with van der Waals surface area (Å²) >= 11 is 0. The Morgan fingerprint density at radius 2 is 2.00 bits per heavy atom. The standard InChI is InChI=1S/C13H23BO/c1-9-10(2)15-12-11(9)7-5-4-6-8-13(12,3)14/h11-12H,4-8,14H2,1-3H3. The number of ether oxygens (including phenoxy) is 1. The molecule has 1 aliphatic heterocycles. The summed E-state index contributed by atoms with van der Waals surface area (Å²) in [5, 5.41) is 0.351. The maximum absolute atomic E-state index is 6.11. The second-order valence-electron chi connectivity index (χ2n) is 5.97. The van der Waals surface area contributed by atoms with Crippen LogP contribution in [0.1, 0.15) is 52.9 Å². The van der Waals surface area contributed by atoms with Gasteiger partial charge in [-0.15, -0.1) is 0 Å². The van der Waals surface area contributed by atoms with Crippen molar-refractivity contribution in [2.45, 2.75) is 64.3 Å². The number of fused-ring (bicyclic) bond motifs is 1. The molecule has 0 aromatic carbocycles. The van der Waals surface area contributed by atoms with Crippen LogP contribution in [0.3, 0.4) is 0 Å². The molecule has 2 aliphatic rings. The lowest BCUT2D eigenvalue weighted by atomic mass is 9.59. The number of hydrogen-bond donors (Lipinski definition) is 0. The van der Waals surface area contributed by atoms with Gasteiger partial charge in [-0.3, -0.25) is 0 Å². The smallest absolute Gasteiger partial charge is 0.113 e. The fourth-order valence-electron chi connectivity index (χ4n) is 3.19. The molecule has 1 nitrogen and oxygen atoms in total. The second-order valence-corrected chi connectivity index (χ2v) is 5.97. The molecule has 0 bridgehead atoms. The molecule has 2 rings (SSSR count). The Kier molecular flexibility index (Phi) is 2.87. The minimum atomic E-state index is 0.351. The van der Waals surface area contributed by atoms with Gasteiger partial charge >= 0.3 is 0 Å². The first-order valence-electron chi connectivity index (χ1n) is 6.36. The predicted octanol–water partition coefficient (Wildman–Crippen LogP) is 3.07. The summed E-state index contributed by atoms with van der Waals surface area (Å²) in [4.78, 5) is 0. The van der Waals surface area contributed by atoms with Crippen LogP contribution < -0.4 is 0 Å². The zero-order valence-corrected chi connectivity index (χ0v) is 10.6. The van der Waals surface area contributed by atoms with Crippen LogP contribution in [-0.2, 0) is 4.74 Å². The van der Waals surface area contributed by atoms with Crippen LogP contribution >= 0.6 is 0 Å². The summed E-state index contributed by atoms with van der Waals surface area (Å²) in [7, 11) is 2.38. The number of allylic oxidation sites excluding steroid dienone is 1. The highest BCUT2D eigenvalue weighted by molar-refractivity contribution is 6.15. The first kappa shape index (κ1) is 11.1. The highest BCUT2D eigenvalue weighted by Gasteiger charge is 2.42. The van der Waals surface area contributed by atoms with Crippen molar-refractivity contribution < 1.29 is 4.74 Å². The van der Waals surface area contributed by atoms with E-state index >= 15 is 0 Å². The lowest BCUT2D eigenvalue weighted by molar-refractivity contribution is 0.0612. The summed E-state index contributed by atoms with van der Waals surface area (Å²) in [5.41, 5.74) is 1.51. The average Bonchev–Trinajstić information content (AvgIpc) is 2.43. The van der Waals surface area contributed by atoms with Crippen molar-refractivity contribution in [2.24, 2.45) is 5.92 Å². The Morgan fingerprint density at radius 1 is 1.27 bits per heavy atom. The van der Waals surface area contributed by atoms with Crippen LogP contribution in [0.4, 0.5) is 0 Å². The topological polar surface area (TPSA) is 9.23 Å². The quantitative estimate of drug-likeness (QED) is 0.553. The lowest BCUT2D eigenvalue weighted by Crippen LogP contribution is -2.33. The molecule has 3 atom stereocenters. The van der Waals surface area contributed by atoms with Crippen molar-refractivity contribution >= 4 is 7.85 Å². The molecule has 0 amide bonds. The molecule has 1 saturated carbocycles. The van der Waals surface area contributed by atoms with Crippen molar-refractivity contribution in [3.05, 3.63) is 11.3 Å². The molecule has 0 spiro atoms. The summed E-state index contributed by atoms with van der Waals surface area (Å²) in [6.07, 6.45) is 7.24. The first-order valence-corrected chi connectivity index (χ1v) is 6.36. The maximum Gasteiger partial charge on any atom is 0.113 e. The van der Waals surface area contributed by atoms with Gasteiger partial charge in [0.15, 0.2) is 0 Å². The van der Waals surface area contributed by atoms with Gasteiger partial charge in [0.2, 0.25) is 0 Å². The van der Waals surface area contributed by atoms with E-state index in [-0.39, 0.29) is 0 Å². The average molecular weight is 206 g/mol. The van der Waals surface area contributed by atoms with Gasteiger partial charge in [0.1, 0.15) is 14.0 Å². The summed E-state index contributed by atoms with van der Waals surface area (Å²) in [6, 6.07) is 0. The van der Waals surface area contributed by atoms with Crippen LogP contribution in [0, 0.1) is 5.92 Å². The van der Waals surface area contributed by atoms with E-state index in [1.165, 1.54) is 43.4 Å². The van der Waals surface area contributed by atoms with E-state index in [9.17, 15) is 0 Å². The zero-order chi connectivity index (χ0) is 11.1. The molecule has 2 heteroatoms. The maximum atomic E-state index is 6.11. The Balaban J connectivity index is 2.22. The van der Waals surface area contributed by atoms with Crippen molar-refractivity contribution in [1.29, 1.82) is 0 Å². The number of hydrogen-bond acceptors (Lipinski definition) is 1. The van der Waals surface area contributed by atoms with Crippen molar-refractivity contribution in [3.8, 4) is 0 Å². The van der Waals surface area contributed by atoms with E-state index in [0.29, 0.717) is 17.3 Å². The molecular formula is C13H23BO. The van der Waals surface area contributed by atoms with E-state index in [0.717, 1.165) is 0 Å². The Bertz CT molecular complexity index is 280. The molecule has 1 fully saturated rings. The van der Waals surface area contributed by atoms with Gasteiger partial charge in [0, 0.05) is 5.92 Å². The third kappa shape index (κ3) is 1.96. The molecule has 0 aromatic rings. The van der Waals surface area contributed by atoms with Gasteiger partial charge in [0.05, 0.1) is 5.76 Å². The van der Waals surface area contributed by atoms with Gasteiger partial charge < -0.3 is 4.74 Å². The Hall–Kier alpha value is -0.395. The molecular weight excluding hydrogens is 183 g/mol. The SMILES string of the molecule is BC1(C)CCCCCC2C(C)=C(C)OC21. The van der Waals surface area contributed by atoms with Crippen LogP contribution in [0.5, 0.6) is 0 Å². The Labute approximate surface area is 94.7 Å². The van der Waals surface area contributed by atoms with E-state index in [4.69, 9.17) is 4.74 Å². The van der Waals surface area contributed by atoms with Gasteiger partial charge in [-0.25, -0.2) is 0 Å². The lowest BCUT2D eigenvalue weighted by Gasteiger charge is -2.37. The molecule has 84 valence electrons. The first-order chi connectivity index (χ1) is 7.02.